The average Bonchev–Trinajstić information content (AvgIpc) is 2.30. The van der Waals surface area contributed by atoms with Gasteiger partial charge in [0.1, 0.15) is 5.76 Å². The molecule has 0 aliphatic heterocycles. The predicted molar refractivity (Wildman–Crippen MR) is 72.7 cm³/mol. The van der Waals surface area contributed by atoms with E-state index in [4.69, 9.17) is 10.5 Å². The summed E-state index contributed by atoms with van der Waals surface area (Å²) in [6.07, 6.45) is 0. The zero-order valence-electron chi connectivity index (χ0n) is 10.6. The minimum atomic E-state index is -0.0258. The third-order valence-corrected chi connectivity index (χ3v) is 2.74. The largest absolute Gasteiger partial charge is 0.494 e. The van der Waals surface area contributed by atoms with Crippen molar-refractivity contribution in [3.63, 3.8) is 0 Å². The summed E-state index contributed by atoms with van der Waals surface area (Å²) in [7, 11) is 0. The first-order valence-corrected chi connectivity index (χ1v) is 5.89. The first kappa shape index (κ1) is 13.5. The average molecular weight is 231 g/mol. The van der Waals surface area contributed by atoms with Gasteiger partial charge in [0.15, 0.2) is 0 Å². The third kappa shape index (κ3) is 3.46. The van der Waals surface area contributed by atoms with Gasteiger partial charge < -0.3 is 10.5 Å². The fourth-order valence-corrected chi connectivity index (χ4v) is 1.92. The fourth-order valence-electron chi connectivity index (χ4n) is 1.92. The van der Waals surface area contributed by atoms with E-state index in [1.807, 2.05) is 32.0 Å². The molecule has 1 aromatic rings. The summed E-state index contributed by atoms with van der Waals surface area (Å²) in [6, 6.07) is 10.1. The van der Waals surface area contributed by atoms with Crippen LogP contribution in [-0.2, 0) is 4.74 Å². The zero-order chi connectivity index (χ0) is 12.8. The minimum Gasteiger partial charge on any atom is -0.494 e. The molecule has 0 amide bonds. The molecule has 0 aromatic heterocycles. The first-order chi connectivity index (χ1) is 8.07. The van der Waals surface area contributed by atoms with Crippen LogP contribution in [0.15, 0.2) is 54.8 Å². The molecule has 0 bridgehead atoms. The summed E-state index contributed by atoms with van der Waals surface area (Å²) in [5.41, 5.74) is 8.05. The number of hydrogen-bond acceptors (Lipinski definition) is 2. The topological polar surface area (TPSA) is 35.2 Å². The summed E-state index contributed by atoms with van der Waals surface area (Å²) < 4.78 is 5.41. The van der Waals surface area contributed by atoms with Gasteiger partial charge in [-0.05, 0) is 25.0 Å². The maximum atomic E-state index is 6.05. The Kier molecular flexibility index (Phi) is 4.98. The van der Waals surface area contributed by atoms with E-state index in [1.165, 1.54) is 0 Å². The smallest absolute Gasteiger partial charge is 0.115 e. The van der Waals surface area contributed by atoms with Crippen LogP contribution < -0.4 is 5.73 Å². The van der Waals surface area contributed by atoms with Gasteiger partial charge >= 0.3 is 0 Å². The molecule has 2 heteroatoms. The van der Waals surface area contributed by atoms with Gasteiger partial charge in [-0.2, -0.15) is 0 Å². The molecule has 0 spiro atoms. The van der Waals surface area contributed by atoms with Crippen molar-refractivity contribution in [3.05, 3.63) is 60.4 Å². The van der Waals surface area contributed by atoms with Crippen molar-refractivity contribution in [1.82, 2.24) is 0 Å². The quantitative estimate of drug-likeness (QED) is 0.602. The van der Waals surface area contributed by atoms with Gasteiger partial charge in [0.2, 0.25) is 0 Å². The van der Waals surface area contributed by atoms with Gasteiger partial charge in [-0.3, -0.25) is 0 Å². The molecule has 1 rings (SSSR count). The normalized spacial score (nSPS) is 13.8. The predicted octanol–water partition coefficient (Wildman–Crippen LogP) is 3.22. The standard InChI is InChI=1S/C15H21NO/c1-5-17-13(4)11(2)15(12(3)16)14-9-7-6-8-10-14/h6-10,12,15H,2,4-5,16H2,1,3H3. The molecule has 1 aromatic carbocycles. The lowest BCUT2D eigenvalue weighted by Gasteiger charge is -2.24. The zero-order valence-corrected chi connectivity index (χ0v) is 10.6. The summed E-state index contributed by atoms with van der Waals surface area (Å²) in [5, 5.41) is 0. The van der Waals surface area contributed by atoms with Crippen molar-refractivity contribution in [2.24, 2.45) is 5.73 Å². The van der Waals surface area contributed by atoms with Crippen LogP contribution in [0.25, 0.3) is 0 Å². The van der Waals surface area contributed by atoms with E-state index in [2.05, 4.69) is 25.3 Å². The Balaban J connectivity index is 2.95. The van der Waals surface area contributed by atoms with Gasteiger partial charge in [-0.25, -0.2) is 0 Å². The molecule has 0 saturated heterocycles. The van der Waals surface area contributed by atoms with Crippen LogP contribution in [0.2, 0.25) is 0 Å². The second-order valence-electron chi connectivity index (χ2n) is 4.13. The maximum Gasteiger partial charge on any atom is 0.115 e. The van der Waals surface area contributed by atoms with Gasteiger partial charge in [0.05, 0.1) is 6.61 Å². The first-order valence-electron chi connectivity index (χ1n) is 5.89. The number of benzene rings is 1. The van der Waals surface area contributed by atoms with E-state index < -0.39 is 0 Å². The molecule has 2 nitrogen and oxygen atoms in total. The monoisotopic (exact) mass is 231 g/mol. The van der Waals surface area contributed by atoms with Gasteiger partial charge in [-0.15, -0.1) is 0 Å². The van der Waals surface area contributed by atoms with Crippen LogP contribution in [0.4, 0.5) is 0 Å². The molecule has 2 atom stereocenters. The van der Waals surface area contributed by atoms with E-state index in [-0.39, 0.29) is 12.0 Å². The molecule has 0 aliphatic carbocycles. The van der Waals surface area contributed by atoms with Crippen molar-refractivity contribution in [3.8, 4) is 0 Å². The van der Waals surface area contributed by atoms with E-state index in [0.717, 1.165) is 11.1 Å². The number of nitrogens with two attached hydrogens (primary N) is 1. The summed E-state index contributed by atoms with van der Waals surface area (Å²) in [4.78, 5) is 0. The van der Waals surface area contributed by atoms with Crippen LogP contribution in [0.5, 0.6) is 0 Å². The molecule has 0 heterocycles. The second kappa shape index (κ2) is 6.26. The number of rotatable bonds is 6. The molecule has 0 radical (unpaired) electrons. The van der Waals surface area contributed by atoms with Crippen LogP contribution >= 0.6 is 0 Å². The Bertz CT molecular complexity index is 381. The lowest BCUT2D eigenvalue weighted by molar-refractivity contribution is 0.235. The van der Waals surface area contributed by atoms with E-state index >= 15 is 0 Å². The number of allylic oxidation sites excluding steroid dienone is 1. The van der Waals surface area contributed by atoms with Crippen molar-refractivity contribution in [2.45, 2.75) is 25.8 Å². The fraction of sp³-hybridized carbons (Fsp3) is 0.333. The summed E-state index contributed by atoms with van der Waals surface area (Å²) in [6.45, 7) is 12.5. The van der Waals surface area contributed by atoms with Crippen LogP contribution in [-0.4, -0.2) is 12.6 Å². The molecule has 0 saturated carbocycles. The highest BCUT2D eigenvalue weighted by atomic mass is 16.5. The van der Waals surface area contributed by atoms with Crippen LogP contribution in [0.3, 0.4) is 0 Å². The molecule has 92 valence electrons. The van der Waals surface area contributed by atoms with Gasteiger partial charge in [0.25, 0.3) is 0 Å². The van der Waals surface area contributed by atoms with Crippen molar-refractivity contribution in [1.29, 1.82) is 0 Å². The third-order valence-electron chi connectivity index (χ3n) is 2.74. The van der Waals surface area contributed by atoms with Gasteiger partial charge in [0, 0.05) is 12.0 Å². The van der Waals surface area contributed by atoms with Gasteiger partial charge in [-0.1, -0.05) is 43.5 Å². The van der Waals surface area contributed by atoms with Crippen molar-refractivity contribution >= 4 is 0 Å². The second-order valence-corrected chi connectivity index (χ2v) is 4.13. The maximum absolute atomic E-state index is 6.05. The molecule has 0 aliphatic rings. The molecule has 17 heavy (non-hydrogen) atoms. The van der Waals surface area contributed by atoms with Crippen molar-refractivity contribution < 1.29 is 4.74 Å². The summed E-state index contributed by atoms with van der Waals surface area (Å²) in [5.74, 6) is 0.675. The molecule has 0 fully saturated rings. The Morgan fingerprint density at radius 3 is 2.35 bits per heavy atom. The Morgan fingerprint density at radius 2 is 1.88 bits per heavy atom. The van der Waals surface area contributed by atoms with Crippen molar-refractivity contribution in [2.75, 3.05) is 6.61 Å². The Morgan fingerprint density at radius 1 is 1.29 bits per heavy atom. The highest BCUT2D eigenvalue weighted by Crippen LogP contribution is 2.30. The molecular formula is C15H21NO. The molecule has 2 unspecified atom stereocenters. The number of ether oxygens (including phenoxy) is 1. The van der Waals surface area contributed by atoms with Crippen LogP contribution in [0.1, 0.15) is 25.3 Å². The van der Waals surface area contributed by atoms with E-state index in [1.54, 1.807) is 0 Å². The van der Waals surface area contributed by atoms with Crippen LogP contribution in [0, 0.1) is 0 Å². The Labute approximate surface area is 104 Å². The lowest BCUT2D eigenvalue weighted by atomic mass is 9.86. The molecular weight excluding hydrogens is 210 g/mol. The molecule has 2 N–H and O–H groups in total. The highest BCUT2D eigenvalue weighted by molar-refractivity contribution is 5.37. The lowest BCUT2D eigenvalue weighted by Crippen LogP contribution is -2.26. The van der Waals surface area contributed by atoms with E-state index in [0.29, 0.717) is 12.4 Å². The number of hydrogen-bond donors (Lipinski definition) is 1. The van der Waals surface area contributed by atoms with E-state index in [9.17, 15) is 0 Å². The minimum absolute atomic E-state index is 0.0258. The summed E-state index contributed by atoms with van der Waals surface area (Å²) >= 11 is 0. The SMILES string of the molecule is C=C(OCC)C(=C)C(c1ccccc1)C(C)N. The highest BCUT2D eigenvalue weighted by Gasteiger charge is 2.21. The Hall–Kier alpha value is -1.54.